The molecule has 4 heteroatoms. The van der Waals surface area contributed by atoms with Crippen LogP contribution in [0.4, 0.5) is 0 Å². The van der Waals surface area contributed by atoms with Gasteiger partial charge < -0.3 is 4.90 Å². The van der Waals surface area contributed by atoms with Crippen molar-refractivity contribution < 1.29 is 4.79 Å². The van der Waals surface area contributed by atoms with Gasteiger partial charge >= 0.3 is 0 Å². The van der Waals surface area contributed by atoms with Crippen molar-refractivity contribution in [1.29, 1.82) is 0 Å². The standard InChI is InChI=1S/C26H28N2OS/c29-20-23(25-21-30-26-13-5-4-12-24(25)26)11-7-15-28-18-16-27(17-19-28)14-6-10-22-8-2-1-3-9-22/h1-6,8-10,12-13,21H,7,11,14-19H2. The van der Waals surface area contributed by atoms with Crippen LogP contribution in [-0.2, 0) is 4.79 Å². The van der Waals surface area contributed by atoms with Crippen LogP contribution in [0.15, 0.2) is 66.1 Å². The first-order valence-electron chi connectivity index (χ1n) is 10.7. The third-order valence-electron chi connectivity index (χ3n) is 5.77. The van der Waals surface area contributed by atoms with Crippen LogP contribution in [0.3, 0.4) is 0 Å². The van der Waals surface area contributed by atoms with E-state index in [2.05, 4.69) is 69.7 Å². The van der Waals surface area contributed by atoms with Crippen LogP contribution in [0.1, 0.15) is 24.0 Å². The van der Waals surface area contributed by atoms with Crippen LogP contribution < -0.4 is 0 Å². The van der Waals surface area contributed by atoms with E-state index in [0.29, 0.717) is 0 Å². The van der Waals surface area contributed by atoms with Crippen LogP contribution in [0.5, 0.6) is 0 Å². The van der Waals surface area contributed by atoms with E-state index < -0.39 is 0 Å². The lowest BCUT2D eigenvalue weighted by Gasteiger charge is -2.34. The molecule has 1 aromatic heterocycles. The minimum Gasteiger partial charge on any atom is -0.301 e. The van der Waals surface area contributed by atoms with E-state index in [4.69, 9.17) is 0 Å². The largest absolute Gasteiger partial charge is 0.301 e. The lowest BCUT2D eigenvalue weighted by molar-refractivity contribution is 0.142. The van der Waals surface area contributed by atoms with Crippen molar-refractivity contribution in [3.63, 3.8) is 0 Å². The van der Waals surface area contributed by atoms with Crippen molar-refractivity contribution in [1.82, 2.24) is 9.80 Å². The third kappa shape index (κ3) is 5.35. The summed E-state index contributed by atoms with van der Waals surface area (Å²) in [5.74, 6) is 2.22. The molecule has 1 aliphatic rings. The highest BCUT2D eigenvalue weighted by atomic mass is 32.1. The monoisotopic (exact) mass is 416 g/mol. The molecule has 2 aromatic carbocycles. The first-order valence-corrected chi connectivity index (χ1v) is 11.6. The fourth-order valence-corrected chi connectivity index (χ4v) is 5.01. The molecule has 0 bridgehead atoms. The molecule has 3 nitrogen and oxygen atoms in total. The van der Waals surface area contributed by atoms with E-state index in [-0.39, 0.29) is 0 Å². The molecule has 3 aromatic rings. The summed E-state index contributed by atoms with van der Waals surface area (Å²) >= 11 is 1.70. The number of fused-ring (bicyclic) bond motifs is 1. The number of thiophene rings is 1. The molecule has 30 heavy (non-hydrogen) atoms. The fraction of sp³-hybridized carbons (Fsp3) is 0.308. The average molecular weight is 417 g/mol. The Hall–Kier alpha value is -2.49. The molecule has 1 fully saturated rings. The zero-order valence-electron chi connectivity index (χ0n) is 17.3. The summed E-state index contributed by atoms with van der Waals surface area (Å²) in [6.07, 6.45) is 6.26. The van der Waals surface area contributed by atoms with Crippen molar-refractivity contribution >= 4 is 39.0 Å². The molecule has 1 aliphatic heterocycles. The summed E-state index contributed by atoms with van der Waals surface area (Å²) in [6, 6.07) is 18.8. The second-order valence-corrected chi connectivity index (χ2v) is 8.70. The first kappa shape index (κ1) is 20.8. The molecule has 0 radical (unpaired) electrons. The van der Waals surface area contributed by atoms with Gasteiger partial charge in [-0.05, 0) is 31.0 Å². The average Bonchev–Trinajstić information content (AvgIpc) is 3.23. The summed E-state index contributed by atoms with van der Waals surface area (Å²) in [4.78, 5) is 16.6. The lowest BCUT2D eigenvalue weighted by atomic mass is 10.0. The van der Waals surface area contributed by atoms with Crippen molar-refractivity contribution in [2.45, 2.75) is 12.8 Å². The second-order valence-electron chi connectivity index (χ2n) is 7.79. The normalized spacial score (nSPS) is 15.6. The summed E-state index contributed by atoms with van der Waals surface area (Å²) in [5.41, 5.74) is 3.14. The van der Waals surface area contributed by atoms with Crippen LogP contribution in [0.2, 0.25) is 0 Å². The predicted molar refractivity (Wildman–Crippen MR) is 129 cm³/mol. The molecule has 0 N–H and O–H groups in total. The summed E-state index contributed by atoms with van der Waals surface area (Å²) < 4.78 is 1.23. The Morgan fingerprint density at radius 2 is 1.70 bits per heavy atom. The van der Waals surface area contributed by atoms with E-state index in [1.165, 1.54) is 15.6 Å². The van der Waals surface area contributed by atoms with Gasteiger partial charge in [0.15, 0.2) is 0 Å². The number of carbonyl (C=O) groups excluding carboxylic acids is 1. The number of benzene rings is 2. The Balaban J connectivity index is 1.20. The SMILES string of the molecule is O=C=C(CCCN1CCN(CC=Cc2ccccc2)CC1)c1csc2ccccc12. The molecule has 4 rings (SSSR count). The molecule has 0 atom stereocenters. The minimum absolute atomic E-state index is 0.796. The van der Waals surface area contributed by atoms with Gasteiger partial charge in [0.2, 0.25) is 0 Å². The Labute approximate surface area is 182 Å². The van der Waals surface area contributed by atoms with Gasteiger partial charge in [-0.2, -0.15) is 0 Å². The number of nitrogens with zero attached hydrogens (tertiary/aromatic N) is 2. The van der Waals surface area contributed by atoms with E-state index in [1.807, 2.05) is 18.2 Å². The lowest BCUT2D eigenvalue weighted by Crippen LogP contribution is -2.46. The van der Waals surface area contributed by atoms with Crippen LogP contribution in [0, 0.1) is 0 Å². The maximum atomic E-state index is 11.6. The van der Waals surface area contributed by atoms with Crippen LogP contribution in [-0.4, -0.2) is 55.0 Å². The van der Waals surface area contributed by atoms with Gasteiger partial charge in [-0.1, -0.05) is 60.7 Å². The van der Waals surface area contributed by atoms with E-state index in [9.17, 15) is 4.79 Å². The van der Waals surface area contributed by atoms with Crippen molar-refractivity contribution in [2.24, 2.45) is 0 Å². The van der Waals surface area contributed by atoms with Gasteiger partial charge in [0.1, 0.15) is 5.94 Å². The number of hydrogen-bond donors (Lipinski definition) is 0. The molecule has 154 valence electrons. The van der Waals surface area contributed by atoms with Gasteiger partial charge in [0, 0.05) is 59.3 Å². The van der Waals surface area contributed by atoms with Crippen molar-refractivity contribution in [3.05, 3.63) is 77.2 Å². The van der Waals surface area contributed by atoms with Crippen molar-refractivity contribution in [3.8, 4) is 0 Å². The van der Waals surface area contributed by atoms with Gasteiger partial charge in [-0.3, -0.25) is 4.90 Å². The van der Waals surface area contributed by atoms with E-state index in [1.54, 1.807) is 11.3 Å². The van der Waals surface area contributed by atoms with Crippen LogP contribution >= 0.6 is 11.3 Å². The molecule has 2 heterocycles. The molecule has 0 saturated carbocycles. The predicted octanol–water partition coefficient (Wildman–Crippen LogP) is 5.23. The Morgan fingerprint density at radius 3 is 2.50 bits per heavy atom. The molecular formula is C26H28N2OS. The quantitative estimate of drug-likeness (QED) is 0.470. The first-order chi connectivity index (χ1) is 14.8. The third-order valence-corrected chi connectivity index (χ3v) is 6.73. The number of allylic oxidation sites excluding steroid dienone is 1. The molecular weight excluding hydrogens is 388 g/mol. The Morgan fingerprint density at radius 1 is 0.967 bits per heavy atom. The molecule has 0 spiro atoms. The van der Waals surface area contributed by atoms with E-state index in [0.717, 1.165) is 63.2 Å². The fourth-order valence-electron chi connectivity index (χ4n) is 4.03. The second kappa shape index (κ2) is 10.5. The molecule has 0 amide bonds. The summed E-state index contributed by atoms with van der Waals surface area (Å²) in [6.45, 7) is 6.45. The van der Waals surface area contributed by atoms with Crippen LogP contribution in [0.25, 0.3) is 21.7 Å². The highest BCUT2D eigenvalue weighted by Crippen LogP contribution is 2.31. The highest BCUT2D eigenvalue weighted by molar-refractivity contribution is 7.17. The maximum absolute atomic E-state index is 11.6. The zero-order valence-corrected chi connectivity index (χ0v) is 18.1. The minimum atomic E-state index is 0.796. The Bertz CT molecular complexity index is 1030. The highest BCUT2D eigenvalue weighted by Gasteiger charge is 2.16. The van der Waals surface area contributed by atoms with Crippen molar-refractivity contribution in [2.75, 3.05) is 39.3 Å². The summed E-state index contributed by atoms with van der Waals surface area (Å²) in [5, 5.41) is 3.28. The van der Waals surface area contributed by atoms with Gasteiger partial charge in [-0.15, -0.1) is 11.3 Å². The summed E-state index contributed by atoms with van der Waals surface area (Å²) in [7, 11) is 0. The van der Waals surface area contributed by atoms with Gasteiger partial charge in [-0.25, -0.2) is 4.79 Å². The molecule has 1 saturated heterocycles. The van der Waals surface area contributed by atoms with E-state index >= 15 is 0 Å². The number of piperazine rings is 1. The number of rotatable bonds is 8. The number of hydrogen-bond acceptors (Lipinski definition) is 4. The topological polar surface area (TPSA) is 23.6 Å². The molecule has 0 aliphatic carbocycles. The Kier molecular flexibility index (Phi) is 7.28. The van der Waals surface area contributed by atoms with Gasteiger partial charge in [0.25, 0.3) is 0 Å². The molecule has 0 unspecified atom stereocenters. The zero-order chi connectivity index (χ0) is 20.6. The maximum Gasteiger partial charge on any atom is 0.128 e. The smallest absolute Gasteiger partial charge is 0.128 e. The van der Waals surface area contributed by atoms with Gasteiger partial charge in [0.05, 0.1) is 0 Å².